The lowest BCUT2D eigenvalue weighted by atomic mass is 10.1. The average Bonchev–Trinajstić information content (AvgIpc) is 2.31. The molecular formula is C12H17FN2O2. The second-order valence-corrected chi connectivity index (χ2v) is 3.85. The van der Waals surface area contributed by atoms with Crippen molar-refractivity contribution in [3.05, 3.63) is 29.6 Å². The third-order valence-electron chi connectivity index (χ3n) is 2.34. The molecule has 0 bridgehead atoms. The Morgan fingerprint density at radius 3 is 2.88 bits per heavy atom. The lowest BCUT2D eigenvalue weighted by Crippen LogP contribution is -2.38. The van der Waals surface area contributed by atoms with E-state index in [1.807, 2.05) is 6.92 Å². The minimum Gasteiger partial charge on any atom is -0.494 e. The molecular weight excluding hydrogens is 223 g/mol. The van der Waals surface area contributed by atoms with Gasteiger partial charge >= 0.3 is 0 Å². The molecule has 1 unspecified atom stereocenters. The van der Waals surface area contributed by atoms with Crippen molar-refractivity contribution in [1.29, 1.82) is 0 Å². The first-order valence-electron chi connectivity index (χ1n) is 5.38. The highest BCUT2D eigenvalue weighted by atomic mass is 19.1. The predicted molar refractivity (Wildman–Crippen MR) is 63.3 cm³/mol. The van der Waals surface area contributed by atoms with Gasteiger partial charge in [-0.25, -0.2) is 4.39 Å². The van der Waals surface area contributed by atoms with E-state index in [1.165, 1.54) is 19.2 Å². The normalized spacial score (nSPS) is 12.0. The average molecular weight is 240 g/mol. The number of hydrogen-bond acceptors (Lipinski definition) is 3. The molecule has 0 aromatic heterocycles. The molecule has 3 N–H and O–H groups in total. The van der Waals surface area contributed by atoms with E-state index in [0.29, 0.717) is 12.1 Å². The van der Waals surface area contributed by atoms with Crippen LogP contribution in [0.5, 0.6) is 5.75 Å². The summed E-state index contributed by atoms with van der Waals surface area (Å²) in [7, 11) is 1.39. The van der Waals surface area contributed by atoms with Gasteiger partial charge in [0.05, 0.1) is 13.5 Å². The van der Waals surface area contributed by atoms with Crippen molar-refractivity contribution in [3.8, 4) is 5.75 Å². The molecule has 0 aliphatic rings. The fraction of sp³-hybridized carbons (Fsp3) is 0.417. The van der Waals surface area contributed by atoms with E-state index in [0.717, 1.165) is 0 Å². The van der Waals surface area contributed by atoms with Gasteiger partial charge in [0.25, 0.3) is 0 Å². The van der Waals surface area contributed by atoms with Gasteiger partial charge in [0.2, 0.25) is 5.91 Å². The molecule has 0 saturated carbocycles. The van der Waals surface area contributed by atoms with Crippen LogP contribution in [0.4, 0.5) is 4.39 Å². The number of benzene rings is 1. The minimum atomic E-state index is -0.438. The molecule has 1 amide bonds. The number of halogens is 1. The van der Waals surface area contributed by atoms with E-state index in [-0.39, 0.29) is 24.1 Å². The molecule has 1 atom stereocenters. The highest BCUT2D eigenvalue weighted by molar-refractivity contribution is 5.78. The van der Waals surface area contributed by atoms with Crippen LogP contribution < -0.4 is 15.8 Å². The number of methoxy groups -OCH3 is 1. The summed E-state index contributed by atoms with van der Waals surface area (Å²) in [6.07, 6.45) is 0.182. The third-order valence-corrected chi connectivity index (χ3v) is 2.34. The highest BCUT2D eigenvalue weighted by Gasteiger charge is 2.09. The minimum absolute atomic E-state index is 0.0650. The molecule has 94 valence electrons. The Morgan fingerprint density at radius 1 is 1.59 bits per heavy atom. The molecule has 0 saturated heterocycles. The molecule has 17 heavy (non-hydrogen) atoms. The monoisotopic (exact) mass is 240 g/mol. The summed E-state index contributed by atoms with van der Waals surface area (Å²) in [6.45, 7) is 2.21. The fourth-order valence-corrected chi connectivity index (χ4v) is 1.38. The molecule has 0 radical (unpaired) electrons. The lowest BCUT2D eigenvalue weighted by Gasteiger charge is -2.11. The Kier molecular flexibility index (Phi) is 4.90. The lowest BCUT2D eigenvalue weighted by molar-refractivity contribution is -0.120. The molecule has 5 heteroatoms. The summed E-state index contributed by atoms with van der Waals surface area (Å²) < 4.78 is 18.0. The van der Waals surface area contributed by atoms with Gasteiger partial charge in [0.1, 0.15) is 0 Å². The first-order valence-corrected chi connectivity index (χ1v) is 5.38. The van der Waals surface area contributed by atoms with Gasteiger partial charge in [0.15, 0.2) is 11.6 Å². The molecule has 1 aromatic carbocycles. The number of rotatable bonds is 5. The second-order valence-electron chi connectivity index (χ2n) is 3.85. The van der Waals surface area contributed by atoms with Gasteiger partial charge in [-0.15, -0.1) is 0 Å². The van der Waals surface area contributed by atoms with E-state index in [4.69, 9.17) is 10.5 Å². The summed E-state index contributed by atoms with van der Waals surface area (Å²) in [5, 5.41) is 2.73. The Hall–Kier alpha value is -1.62. The van der Waals surface area contributed by atoms with Gasteiger partial charge in [-0.3, -0.25) is 4.79 Å². The van der Waals surface area contributed by atoms with Crippen LogP contribution in [0.15, 0.2) is 18.2 Å². The predicted octanol–water partition coefficient (Wildman–Crippen LogP) is 0.840. The van der Waals surface area contributed by atoms with Crippen LogP contribution in [-0.4, -0.2) is 25.6 Å². The molecule has 4 nitrogen and oxygen atoms in total. The van der Waals surface area contributed by atoms with E-state index in [1.54, 1.807) is 6.07 Å². The van der Waals surface area contributed by atoms with E-state index in [9.17, 15) is 9.18 Å². The van der Waals surface area contributed by atoms with Crippen LogP contribution in [-0.2, 0) is 11.2 Å². The molecule has 0 fully saturated rings. The Labute approximate surface area is 100.0 Å². The van der Waals surface area contributed by atoms with Crippen molar-refractivity contribution in [3.63, 3.8) is 0 Å². The maximum atomic E-state index is 13.1. The van der Waals surface area contributed by atoms with Gasteiger partial charge < -0.3 is 15.8 Å². The van der Waals surface area contributed by atoms with Crippen LogP contribution >= 0.6 is 0 Å². The van der Waals surface area contributed by atoms with E-state index >= 15 is 0 Å². The fourth-order valence-electron chi connectivity index (χ4n) is 1.38. The molecule has 0 aliphatic heterocycles. The Balaban J connectivity index is 2.65. The van der Waals surface area contributed by atoms with Crippen molar-refractivity contribution in [1.82, 2.24) is 5.32 Å². The maximum Gasteiger partial charge on any atom is 0.224 e. The van der Waals surface area contributed by atoms with Crippen molar-refractivity contribution in [2.24, 2.45) is 5.73 Å². The molecule has 0 aliphatic carbocycles. The Morgan fingerprint density at radius 2 is 2.29 bits per heavy atom. The largest absolute Gasteiger partial charge is 0.494 e. The SMILES string of the molecule is COc1cc(CC(=O)NC(C)CN)ccc1F. The number of nitrogens with two attached hydrogens (primary N) is 1. The third kappa shape index (κ3) is 4.03. The van der Waals surface area contributed by atoms with Crippen LogP contribution in [0.25, 0.3) is 0 Å². The quantitative estimate of drug-likeness (QED) is 0.801. The zero-order valence-corrected chi connectivity index (χ0v) is 10.00. The smallest absolute Gasteiger partial charge is 0.224 e. The van der Waals surface area contributed by atoms with Crippen LogP contribution in [0.1, 0.15) is 12.5 Å². The van der Waals surface area contributed by atoms with E-state index in [2.05, 4.69) is 5.32 Å². The number of carbonyl (C=O) groups is 1. The summed E-state index contributed by atoms with van der Waals surface area (Å²) >= 11 is 0. The van der Waals surface area contributed by atoms with Crippen LogP contribution in [0.3, 0.4) is 0 Å². The number of amides is 1. The van der Waals surface area contributed by atoms with Gasteiger partial charge in [-0.1, -0.05) is 6.07 Å². The first-order chi connectivity index (χ1) is 8.06. The number of carbonyl (C=O) groups excluding carboxylic acids is 1. The molecule has 1 aromatic rings. The van der Waals surface area contributed by atoms with Gasteiger partial charge in [-0.2, -0.15) is 0 Å². The van der Waals surface area contributed by atoms with Crippen molar-refractivity contribution < 1.29 is 13.9 Å². The molecule has 0 heterocycles. The van der Waals surface area contributed by atoms with Crippen molar-refractivity contribution in [2.45, 2.75) is 19.4 Å². The van der Waals surface area contributed by atoms with Gasteiger partial charge in [0, 0.05) is 12.6 Å². The maximum absolute atomic E-state index is 13.1. The number of ether oxygens (including phenoxy) is 1. The summed E-state index contributed by atoms with van der Waals surface area (Å²) in [6, 6.07) is 4.30. The topological polar surface area (TPSA) is 64.3 Å². The second kappa shape index (κ2) is 6.20. The standard InChI is InChI=1S/C12H17FN2O2/c1-8(7-14)15-12(16)6-9-3-4-10(13)11(5-9)17-2/h3-5,8H,6-7,14H2,1-2H3,(H,15,16). The van der Waals surface area contributed by atoms with Crippen molar-refractivity contribution >= 4 is 5.91 Å². The van der Waals surface area contributed by atoms with Crippen LogP contribution in [0, 0.1) is 5.82 Å². The number of nitrogens with one attached hydrogen (secondary N) is 1. The van der Waals surface area contributed by atoms with E-state index < -0.39 is 5.82 Å². The number of hydrogen-bond donors (Lipinski definition) is 2. The summed E-state index contributed by atoms with van der Waals surface area (Å²) in [5.41, 5.74) is 6.09. The van der Waals surface area contributed by atoms with Gasteiger partial charge in [-0.05, 0) is 24.6 Å². The first kappa shape index (κ1) is 13.4. The highest BCUT2D eigenvalue weighted by Crippen LogP contribution is 2.18. The molecule has 0 spiro atoms. The summed E-state index contributed by atoms with van der Waals surface area (Å²) in [5.74, 6) is -0.439. The Bertz CT molecular complexity index is 396. The van der Waals surface area contributed by atoms with Crippen LogP contribution in [0.2, 0.25) is 0 Å². The molecule has 1 rings (SSSR count). The van der Waals surface area contributed by atoms with Crippen molar-refractivity contribution in [2.75, 3.05) is 13.7 Å². The zero-order valence-electron chi connectivity index (χ0n) is 10.00. The zero-order chi connectivity index (χ0) is 12.8. The summed E-state index contributed by atoms with van der Waals surface area (Å²) in [4.78, 5) is 11.6.